The fourth-order valence-electron chi connectivity index (χ4n) is 3.36. The molecular weight excluding hydrogens is 457 g/mol. The highest BCUT2D eigenvalue weighted by molar-refractivity contribution is 7.13. The molecular formula is C21H19Cl2N5O2S. The van der Waals surface area contributed by atoms with Gasteiger partial charge in [-0.15, -0.1) is 10.2 Å². The summed E-state index contributed by atoms with van der Waals surface area (Å²) in [5.41, 5.74) is 1.17. The second-order valence-corrected chi connectivity index (χ2v) is 8.96. The second-order valence-electron chi connectivity index (χ2n) is 7.11. The number of urea groups is 1. The number of rotatable bonds is 4. The summed E-state index contributed by atoms with van der Waals surface area (Å²) in [7, 11) is 0. The zero-order valence-corrected chi connectivity index (χ0v) is 18.7. The fourth-order valence-corrected chi connectivity index (χ4v) is 4.60. The summed E-state index contributed by atoms with van der Waals surface area (Å²) in [4.78, 5) is 26.9. The Morgan fingerprint density at radius 3 is 2.71 bits per heavy atom. The highest BCUT2D eigenvalue weighted by Gasteiger charge is 2.28. The van der Waals surface area contributed by atoms with Gasteiger partial charge in [-0.05, 0) is 43.2 Å². The van der Waals surface area contributed by atoms with Crippen molar-refractivity contribution >= 4 is 57.9 Å². The number of aromatic nitrogens is 2. The van der Waals surface area contributed by atoms with Crippen LogP contribution in [0.2, 0.25) is 10.0 Å². The number of nitrogens with zero attached hydrogens (tertiary/aromatic N) is 3. The standard InChI is InChI=1S/C21H19Cl2N5O2S/c22-14-6-3-7-15(11-14)24-18(29)20-27-26-19(31-20)13-5-4-10-28(12-13)21(30)25-17-9-2-1-8-16(17)23/h1-3,6-9,11,13H,4-5,10,12H2,(H,24,29)(H,25,30). The highest BCUT2D eigenvalue weighted by Crippen LogP contribution is 2.30. The fraction of sp³-hybridized carbons (Fsp3) is 0.238. The molecule has 1 atom stereocenters. The lowest BCUT2D eigenvalue weighted by atomic mass is 9.99. The number of carbonyl (C=O) groups is 2. The van der Waals surface area contributed by atoms with Crippen LogP contribution in [0.25, 0.3) is 0 Å². The van der Waals surface area contributed by atoms with Gasteiger partial charge in [0.05, 0.1) is 10.7 Å². The van der Waals surface area contributed by atoms with Gasteiger partial charge in [0.1, 0.15) is 5.01 Å². The number of carbonyl (C=O) groups excluding carboxylic acids is 2. The summed E-state index contributed by atoms with van der Waals surface area (Å²) in [5.74, 6) is -0.314. The van der Waals surface area contributed by atoms with Crippen LogP contribution in [0.5, 0.6) is 0 Å². The van der Waals surface area contributed by atoms with E-state index in [9.17, 15) is 9.59 Å². The number of amides is 3. The van der Waals surface area contributed by atoms with Gasteiger partial charge in [-0.3, -0.25) is 4.79 Å². The molecule has 1 fully saturated rings. The third-order valence-corrected chi connectivity index (χ3v) is 6.54. The van der Waals surface area contributed by atoms with Gasteiger partial charge in [0.2, 0.25) is 5.01 Å². The van der Waals surface area contributed by atoms with Crippen molar-refractivity contribution < 1.29 is 9.59 Å². The lowest BCUT2D eigenvalue weighted by Gasteiger charge is -2.31. The maximum atomic E-state index is 12.7. The Kier molecular flexibility index (Phi) is 6.70. The molecule has 0 bridgehead atoms. The summed E-state index contributed by atoms with van der Waals surface area (Å²) in [6.45, 7) is 1.15. The average molecular weight is 476 g/mol. The Hall–Kier alpha value is -2.68. The molecule has 1 aliphatic rings. The van der Waals surface area contributed by atoms with Crippen molar-refractivity contribution in [3.8, 4) is 0 Å². The number of para-hydroxylation sites is 1. The second kappa shape index (κ2) is 9.64. The molecule has 2 aromatic carbocycles. The molecule has 3 aromatic rings. The van der Waals surface area contributed by atoms with E-state index in [2.05, 4.69) is 20.8 Å². The Labute approximate surface area is 193 Å². The van der Waals surface area contributed by atoms with E-state index < -0.39 is 0 Å². The molecule has 3 amide bonds. The quantitative estimate of drug-likeness (QED) is 0.520. The Balaban J connectivity index is 1.39. The van der Waals surface area contributed by atoms with Gasteiger partial charge in [0, 0.05) is 29.7 Å². The Bertz CT molecular complexity index is 1110. The Morgan fingerprint density at radius 2 is 1.90 bits per heavy atom. The minimum Gasteiger partial charge on any atom is -0.324 e. The molecule has 1 saturated heterocycles. The third-order valence-electron chi connectivity index (χ3n) is 4.89. The van der Waals surface area contributed by atoms with E-state index in [1.165, 1.54) is 11.3 Å². The van der Waals surface area contributed by atoms with Crippen LogP contribution in [0.3, 0.4) is 0 Å². The van der Waals surface area contributed by atoms with Crippen LogP contribution >= 0.6 is 34.5 Å². The number of anilines is 2. The molecule has 0 saturated carbocycles. The number of hydrogen-bond acceptors (Lipinski definition) is 5. The van der Waals surface area contributed by atoms with Gasteiger partial charge in [0.15, 0.2) is 0 Å². The van der Waals surface area contributed by atoms with Crippen molar-refractivity contribution in [3.63, 3.8) is 0 Å². The molecule has 2 N–H and O–H groups in total. The van der Waals surface area contributed by atoms with Crippen LogP contribution in [0.15, 0.2) is 48.5 Å². The molecule has 1 aliphatic heterocycles. The van der Waals surface area contributed by atoms with Gasteiger partial charge < -0.3 is 15.5 Å². The van der Waals surface area contributed by atoms with Crippen LogP contribution in [0.4, 0.5) is 16.2 Å². The smallest absolute Gasteiger partial charge is 0.321 e. The number of likely N-dealkylation sites (tertiary alicyclic amines) is 1. The van der Waals surface area contributed by atoms with Crippen molar-refractivity contribution in [2.45, 2.75) is 18.8 Å². The lowest BCUT2D eigenvalue weighted by molar-refractivity contribution is 0.102. The third kappa shape index (κ3) is 5.33. The summed E-state index contributed by atoms with van der Waals surface area (Å²) >= 11 is 13.3. The molecule has 2 heterocycles. The normalized spacial score (nSPS) is 16.1. The molecule has 4 rings (SSSR count). The van der Waals surface area contributed by atoms with Crippen LogP contribution in [-0.2, 0) is 0 Å². The van der Waals surface area contributed by atoms with Gasteiger partial charge in [0.25, 0.3) is 5.91 Å². The number of halogens is 2. The largest absolute Gasteiger partial charge is 0.324 e. The zero-order valence-electron chi connectivity index (χ0n) is 16.3. The lowest BCUT2D eigenvalue weighted by Crippen LogP contribution is -2.41. The van der Waals surface area contributed by atoms with Crippen LogP contribution in [-0.4, -0.2) is 40.1 Å². The number of nitrogens with one attached hydrogen (secondary N) is 2. The van der Waals surface area contributed by atoms with E-state index in [0.29, 0.717) is 34.5 Å². The van der Waals surface area contributed by atoms with Gasteiger partial charge in [-0.25, -0.2) is 4.79 Å². The number of piperidine rings is 1. The summed E-state index contributed by atoms with van der Waals surface area (Å²) in [6, 6.07) is 13.8. The first-order valence-corrected chi connectivity index (χ1v) is 11.3. The molecule has 1 unspecified atom stereocenters. The van der Waals surface area contributed by atoms with E-state index >= 15 is 0 Å². The van der Waals surface area contributed by atoms with Crippen molar-refractivity contribution in [2.24, 2.45) is 0 Å². The molecule has 160 valence electrons. The van der Waals surface area contributed by atoms with E-state index in [1.54, 1.807) is 41.3 Å². The first kappa shape index (κ1) is 21.5. The summed E-state index contributed by atoms with van der Waals surface area (Å²) < 4.78 is 0. The highest BCUT2D eigenvalue weighted by atomic mass is 35.5. The molecule has 0 radical (unpaired) electrons. The van der Waals surface area contributed by atoms with Crippen molar-refractivity contribution in [1.82, 2.24) is 15.1 Å². The molecule has 1 aromatic heterocycles. The molecule has 10 heteroatoms. The maximum absolute atomic E-state index is 12.7. The van der Waals surface area contributed by atoms with Crippen LogP contribution in [0, 0.1) is 0 Å². The predicted molar refractivity (Wildman–Crippen MR) is 123 cm³/mol. The topological polar surface area (TPSA) is 87.2 Å². The average Bonchev–Trinajstić information content (AvgIpc) is 3.26. The minimum absolute atomic E-state index is 0.0240. The first-order chi connectivity index (χ1) is 15.0. The van der Waals surface area contributed by atoms with Crippen molar-refractivity contribution in [1.29, 1.82) is 0 Å². The van der Waals surface area contributed by atoms with Crippen molar-refractivity contribution in [2.75, 3.05) is 23.7 Å². The molecule has 31 heavy (non-hydrogen) atoms. The van der Waals surface area contributed by atoms with E-state index in [0.717, 1.165) is 17.8 Å². The SMILES string of the molecule is O=C(Nc1cccc(Cl)c1)c1nnc(C2CCCN(C(=O)Nc3ccccc3Cl)C2)s1. The van der Waals surface area contributed by atoms with Gasteiger partial charge in [-0.1, -0.05) is 52.7 Å². The molecule has 0 spiro atoms. The minimum atomic E-state index is -0.338. The van der Waals surface area contributed by atoms with Gasteiger partial charge in [-0.2, -0.15) is 0 Å². The zero-order chi connectivity index (χ0) is 21.8. The van der Waals surface area contributed by atoms with Gasteiger partial charge >= 0.3 is 6.03 Å². The Morgan fingerprint density at radius 1 is 1.06 bits per heavy atom. The predicted octanol–water partition coefficient (Wildman–Crippen LogP) is 5.51. The summed E-state index contributed by atoms with van der Waals surface area (Å²) in [6.07, 6.45) is 1.71. The maximum Gasteiger partial charge on any atom is 0.321 e. The molecule has 0 aliphatic carbocycles. The summed E-state index contributed by atoms with van der Waals surface area (Å²) in [5, 5.41) is 15.9. The number of hydrogen-bond donors (Lipinski definition) is 2. The van der Waals surface area contributed by atoms with Crippen LogP contribution < -0.4 is 10.6 Å². The van der Waals surface area contributed by atoms with Crippen LogP contribution in [0.1, 0.15) is 33.6 Å². The van der Waals surface area contributed by atoms with E-state index in [-0.39, 0.29) is 22.9 Å². The van der Waals surface area contributed by atoms with Crippen molar-refractivity contribution in [3.05, 3.63) is 68.6 Å². The molecule has 7 nitrogen and oxygen atoms in total. The monoisotopic (exact) mass is 475 g/mol. The number of benzene rings is 2. The van der Waals surface area contributed by atoms with E-state index in [4.69, 9.17) is 23.2 Å². The first-order valence-electron chi connectivity index (χ1n) is 9.70. The van der Waals surface area contributed by atoms with E-state index in [1.807, 2.05) is 12.1 Å².